The van der Waals surface area contributed by atoms with Crippen LogP contribution in [0.4, 0.5) is 5.82 Å². The van der Waals surface area contributed by atoms with Crippen molar-refractivity contribution in [1.82, 2.24) is 9.97 Å². The number of nitrogens with zero attached hydrogens (tertiary/aromatic N) is 3. The first-order chi connectivity index (χ1) is 7.18. The minimum atomic E-state index is -0.929. The Morgan fingerprint density at radius 2 is 2.00 bits per heavy atom. The van der Waals surface area contributed by atoms with Crippen LogP contribution in [0.15, 0.2) is 35.3 Å². The summed E-state index contributed by atoms with van der Waals surface area (Å²) in [6, 6.07) is 6.71. The van der Waals surface area contributed by atoms with Gasteiger partial charge in [-0.1, -0.05) is 12.1 Å². The van der Waals surface area contributed by atoms with Crippen molar-refractivity contribution in [3.05, 3.63) is 50.9 Å². The van der Waals surface area contributed by atoms with Gasteiger partial charge in [0.05, 0.1) is 5.52 Å². The third-order valence-corrected chi connectivity index (χ3v) is 1.85. The topological polar surface area (TPSA) is 86.0 Å². The summed E-state index contributed by atoms with van der Waals surface area (Å²) in [6.45, 7) is 0. The fourth-order valence-corrected chi connectivity index (χ4v) is 1.17. The maximum atomic E-state index is 11.3. The molecule has 15 heavy (non-hydrogen) atoms. The van der Waals surface area contributed by atoms with Gasteiger partial charge in [-0.05, 0) is 22.0 Å². The highest BCUT2D eigenvalue weighted by Gasteiger charge is 2.12. The van der Waals surface area contributed by atoms with Gasteiger partial charge in [0.1, 0.15) is 6.20 Å². The first-order valence-corrected chi connectivity index (χ1v) is 4.09. The summed E-state index contributed by atoms with van der Waals surface area (Å²) in [5, 5.41) is 11.0. The van der Waals surface area contributed by atoms with E-state index in [1.165, 1.54) is 6.20 Å². The first kappa shape index (κ1) is 9.20. The molecule has 6 heteroatoms. The first-order valence-electron chi connectivity index (χ1n) is 4.09. The molecule has 0 atom stereocenters. The molecule has 74 valence electrons. The van der Waals surface area contributed by atoms with Crippen LogP contribution in [0.3, 0.4) is 0 Å². The molecule has 2 aromatic rings. The van der Waals surface area contributed by atoms with E-state index in [9.17, 15) is 14.9 Å². The molecule has 0 fully saturated rings. The molecule has 0 aliphatic heterocycles. The molecule has 0 saturated heterocycles. The zero-order valence-electron chi connectivity index (χ0n) is 7.45. The van der Waals surface area contributed by atoms with E-state index in [0.29, 0.717) is 10.9 Å². The zero-order valence-corrected chi connectivity index (χ0v) is 7.45. The van der Waals surface area contributed by atoms with Crippen LogP contribution in [0.5, 0.6) is 0 Å². The van der Waals surface area contributed by atoms with Crippen LogP contribution in [0, 0.1) is 10.1 Å². The Labute approximate surface area is 83.4 Å². The van der Waals surface area contributed by atoms with Gasteiger partial charge in [-0.2, -0.15) is 0 Å². The summed E-state index contributed by atoms with van der Waals surface area (Å²) in [5.41, 5.74) is -0.538. The lowest BCUT2D eigenvalue weighted by molar-refractivity contribution is -0.390. The van der Waals surface area contributed by atoms with E-state index >= 15 is 0 Å². The quantitative estimate of drug-likeness (QED) is 0.507. The number of aromatic nitrogens is 2. The van der Waals surface area contributed by atoms with Gasteiger partial charge < -0.3 is 10.1 Å². The maximum absolute atomic E-state index is 11.3. The van der Waals surface area contributed by atoms with Crippen molar-refractivity contribution < 1.29 is 4.92 Å². The molecule has 0 bridgehead atoms. The van der Waals surface area contributed by atoms with Crippen LogP contribution in [-0.4, -0.2) is 14.9 Å². The lowest BCUT2D eigenvalue weighted by Crippen LogP contribution is -2.09. The van der Waals surface area contributed by atoms with Gasteiger partial charge in [0.2, 0.25) is 0 Å². The van der Waals surface area contributed by atoms with Gasteiger partial charge in [0.15, 0.2) is 0 Å². The summed E-state index contributed by atoms with van der Waals surface area (Å²) < 4.78 is 0. The Kier molecular flexibility index (Phi) is 2.09. The molecule has 0 saturated carbocycles. The molecule has 0 N–H and O–H groups in total. The Morgan fingerprint density at radius 1 is 1.27 bits per heavy atom. The van der Waals surface area contributed by atoms with Crippen molar-refractivity contribution in [2.45, 2.75) is 0 Å². The summed E-state index contributed by atoms with van der Waals surface area (Å²) in [7, 11) is 0. The number of para-hydroxylation sites is 1. The number of rotatable bonds is 1. The van der Waals surface area contributed by atoms with Crippen LogP contribution >= 0.6 is 0 Å². The fraction of sp³-hybridized carbons (Fsp3) is 0. The van der Waals surface area contributed by atoms with E-state index in [1.54, 1.807) is 24.3 Å². The van der Waals surface area contributed by atoms with Gasteiger partial charge in [-0.15, -0.1) is 0 Å². The van der Waals surface area contributed by atoms with E-state index in [4.69, 9.17) is 0 Å². The summed E-state index contributed by atoms with van der Waals surface area (Å²) >= 11 is 0. The molecule has 0 spiro atoms. The summed E-state index contributed by atoms with van der Waals surface area (Å²) in [4.78, 5) is 28.0. The lowest BCUT2D eigenvalue weighted by atomic mass is 10.2. The molecule has 0 radical (unpaired) electrons. The van der Waals surface area contributed by atoms with E-state index in [1.807, 2.05) is 0 Å². The molecule has 6 nitrogen and oxygen atoms in total. The fourth-order valence-electron chi connectivity index (χ4n) is 1.17. The average molecular weight is 203 g/mol. The second-order valence-electron chi connectivity index (χ2n) is 2.81. The summed E-state index contributed by atoms with van der Waals surface area (Å²) in [6.07, 6.45) is 1.27. The Bertz CT molecular complexity index is 597. The number of hydrogen-bond acceptors (Lipinski definition) is 5. The van der Waals surface area contributed by atoms with Crippen LogP contribution in [-0.2, 0) is 0 Å². The SMILES string of the molecule is O=c1nc2ccccc2cnc1[N+](=O)[O-]. The van der Waals surface area contributed by atoms with Crippen molar-refractivity contribution in [1.29, 1.82) is 0 Å². The molecule has 2 rings (SSSR count). The highest BCUT2D eigenvalue weighted by Crippen LogP contribution is 2.07. The van der Waals surface area contributed by atoms with Crippen LogP contribution in [0.25, 0.3) is 10.9 Å². The van der Waals surface area contributed by atoms with Crippen molar-refractivity contribution in [2.24, 2.45) is 0 Å². The van der Waals surface area contributed by atoms with Crippen molar-refractivity contribution in [3.8, 4) is 0 Å². The van der Waals surface area contributed by atoms with Gasteiger partial charge in [0.25, 0.3) is 0 Å². The third kappa shape index (κ3) is 1.64. The molecular formula is C9H5N3O3. The van der Waals surface area contributed by atoms with E-state index < -0.39 is 16.3 Å². The molecule has 0 aliphatic rings. The van der Waals surface area contributed by atoms with E-state index in [0.717, 1.165) is 0 Å². The van der Waals surface area contributed by atoms with Crippen LogP contribution in [0.1, 0.15) is 0 Å². The maximum Gasteiger partial charge on any atom is 0.431 e. The van der Waals surface area contributed by atoms with E-state index in [2.05, 4.69) is 9.97 Å². The van der Waals surface area contributed by atoms with Gasteiger partial charge >= 0.3 is 11.4 Å². The van der Waals surface area contributed by atoms with Gasteiger partial charge in [-0.3, -0.25) is 4.79 Å². The Hall–Kier alpha value is -2.37. The average Bonchev–Trinajstić information content (AvgIpc) is 2.35. The normalized spacial score (nSPS) is 10.1. The second-order valence-corrected chi connectivity index (χ2v) is 2.81. The molecule has 0 unspecified atom stereocenters. The predicted molar refractivity (Wildman–Crippen MR) is 52.5 cm³/mol. The predicted octanol–water partition coefficient (Wildman–Crippen LogP) is 0.898. The summed E-state index contributed by atoms with van der Waals surface area (Å²) in [5.74, 6) is -0.758. The van der Waals surface area contributed by atoms with Gasteiger partial charge in [-0.25, -0.2) is 4.98 Å². The Balaban J connectivity index is 2.88. The number of nitro groups is 1. The zero-order chi connectivity index (χ0) is 10.8. The highest BCUT2D eigenvalue weighted by molar-refractivity contribution is 5.76. The third-order valence-electron chi connectivity index (χ3n) is 1.85. The standard InChI is InChI=1S/C9H5N3O3/c13-9-8(12(14)15)10-5-6-3-1-2-4-7(6)11-9/h1-5H. The molecule has 0 amide bonds. The second kappa shape index (κ2) is 3.41. The lowest BCUT2D eigenvalue weighted by Gasteiger charge is -1.84. The van der Waals surface area contributed by atoms with Crippen LogP contribution < -0.4 is 5.56 Å². The van der Waals surface area contributed by atoms with Crippen molar-refractivity contribution in [3.63, 3.8) is 0 Å². The largest absolute Gasteiger partial charge is 0.431 e. The monoisotopic (exact) mass is 203 g/mol. The molecular weight excluding hydrogens is 198 g/mol. The number of benzene rings is 1. The number of fused-ring (bicyclic) bond motifs is 1. The molecule has 0 aliphatic carbocycles. The van der Waals surface area contributed by atoms with E-state index in [-0.39, 0.29) is 0 Å². The minimum Gasteiger partial charge on any atom is -0.358 e. The molecule has 1 heterocycles. The molecule has 1 aromatic heterocycles. The van der Waals surface area contributed by atoms with Crippen molar-refractivity contribution >= 4 is 16.7 Å². The number of hydrogen-bond donors (Lipinski definition) is 0. The van der Waals surface area contributed by atoms with Gasteiger partial charge in [0, 0.05) is 5.39 Å². The van der Waals surface area contributed by atoms with Crippen molar-refractivity contribution in [2.75, 3.05) is 0 Å². The minimum absolute atomic E-state index is 0.392. The van der Waals surface area contributed by atoms with Crippen LogP contribution in [0.2, 0.25) is 0 Å². The smallest absolute Gasteiger partial charge is 0.358 e. The highest BCUT2D eigenvalue weighted by atomic mass is 16.6. The molecule has 1 aromatic carbocycles. The Morgan fingerprint density at radius 3 is 2.73 bits per heavy atom.